The zero-order valence-corrected chi connectivity index (χ0v) is 14.1. The van der Waals surface area contributed by atoms with Gasteiger partial charge in [-0.15, -0.1) is 0 Å². The van der Waals surface area contributed by atoms with Crippen LogP contribution in [-0.2, 0) is 0 Å². The van der Waals surface area contributed by atoms with E-state index in [-0.39, 0.29) is 6.10 Å². The van der Waals surface area contributed by atoms with Gasteiger partial charge in [0.2, 0.25) is 5.95 Å². The number of anilines is 1. The molecule has 2 aliphatic rings. The van der Waals surface area contributed by atoms with E-state index in [0.717, 1.165) is 44.2 Å². The summed E-state index contributed by atoms with van der Waals surface area (Å²) in [4.78, 5) is 13.8. The van der Waals surface area contributed by atoms with Crippen molar-refractivity contribution in [2.24, 2.45) is 0 Å². The lowest BCUT2D eigenvalue weighted by molar-refractivity contribution is 0.0287. The van der Waals surface area contributed by atoms with Gasteiger partial charge in [-0.3, -0.25) is 4.90 Å². The number of aromatic nitrogens is 2. The molecule has 3 atom stereocenters. The van der Waals surface area contributed by atoms with Gasteiger partial charge in [0.15, 0.2) is 0 Å². The van der Waals surface area contributed by atoms with Crippen LogP contribution >= 0.6 is 0 Å². The van der Waals surface area contributed by atoms with Gasteiger partial charge in [0, 0.05) is 44.1 Å². The Morgan fingerprint density at radius 2 is 1.79 bits per heavy atom. The molecule has 0 amide bonds. The normalized spacial score (nSPS) is 27.5. The molecule has 2 fully saturated rings. The minimum absolute atomic E-state index is 0.287. The Morgan fingerprint density at radius 1 is 1.00 bits per heavy atom. The molecule has 2 aromatic rings. The van der Waals surface area contributed by atoms with Gasteiger partial charge in [-0.25, -0.2) is 9.97 Å². The molecule has 1 aromatic heterocycles. The lowest BCUT2D eigenvalue weighted by Crippen LogP contribution is -2.62. The lowest BCUT2D eigenvalue weighted by Gasteiger charge is -2.50. The van der Waals surface area contributed by atoms with Crippen LogP contribution in [0.25, 0.3) is 0 Å². The Bertz CT molecular complexity index is 651. The summed E-state index contributed by atoms with van der Waals surface area (Å²) >= 11 is 0. The molecule has 24 heavy (non-hydrogen) atoms. The number of benzene rings is 1. The van der Waals surface area contributed by atoms with Crippen LogP contribution in [0, 0.1) is 0 Å². The number of nitrogens with zero attached hydrogens (tertiary/aromatic N) is 4. The summed E-state index contributed by atoms with van der Waals surface area (Å²) < 4.78 is 6.17. The summed E-state index contributed by atoms with van der Waals surface area (Å²) in [7, 11) is 0. The van der Waals surface area contributed by atoms with Crippen molar-refractivity contribution in [3.05, 3.63) is 48.8 Å². The van der Waals surface area contributed by atoms with Crippen molar-refractivity contribution < 1.29 is 4.74 Å². The molecule has 0 spiro atoms. The van der Waals surface area contributed by atoms with Gasteiger partial charge < -0.3 is 9.64 Å². The molecule has 0 aliphatic carbocycles. The van der Waals surface area contributed by atoms with Crippen LogP contribution in [0.5, 0.6) is 5.75 Å². The first-order valence-electron chi connectivity index (χ1n) is 8.80. The minimum Gasteiger partial charge on any atom is -0.489 e. The molecule has 3 heterocycles. The molecule has 0 N–H and O–H groups in total. The van der Waals surface area contributed by atoms with Crippen molar-refractivity contribution >= 4 is 5.95 Å². The highest BCUT2D eigenvalue weighted by atomic mass is 16.5. The third kappa shape index (κ3) is 3.08. The first-order chi connectivity index (χ1) is 11.8. The third-order valence-electron chi connectivity index (χ3n) is 5.22. The smallest absolute Gasteiger partial charge is 0.225 e. The van der Waals surface area contributed by atoms with Crippen molar-refractivity contribution in [2.75, 3.05) is 24.5 Å². The summed E-state index contributed by atoms with van der Waals surface area (Å²) in [5.74, 6) is 1.83. The molecular weight excluding hydrogens is 300 g/mol. The van der Waals surface area contributed by atoms with Crippen molar-refractivity contribution in [1.29, 1.82) is 0 Å². The second-order valence-electron chi connectivity index (χ2n) is 6.68. The number of piperazine rings is 1. The van der Waals surface area contributed by atoms with E-state index in [1.807, 2.05) is 48.8 Å². The standard InChI is InChI=1S/C19H24N4O/c1-15-18-9-8-17(24-16-6-3-2-4-7-16)14-22(18)12-13-23(15)19-20-10-5-11-21-19/h2-7,10-11,15,17-18H,8-9,12-14H2,1H3/t15?,17-,18+/m1/s1. The van der Waals surface area contributed by atoms with Gasteiger partial charge in [-0.1, -0.05) is 18.2 Å². The van der Waals surface area contributed by atoms with Gasteiger partial charge >= 0.3 is 0 Å². The largest absolute Gasteiger partial charge is 0.489 e. The van der Waals surface area contributed by atoms with Gasteiger partial charge in [0.25, 0.3) is 0 Å². The van der Waals surface area contributed by atoms with Crippen LogP contribution in [0.1, 0.15) is 19.8 Å². The Morgan fingerprint density at radius 3 is 2.58 bits per heavy atom. The zero-order chi connectivity index (χ0) is 16.4. The number of ether oxygens (including phenoxy) is 1. The van der Waals surface area contributed by atoms with Crippen molar-refractivity contribution in [3.8, 4) is 5.75 Å². The fourth-order valence-electron chi connectivity index (χ4n) is 3.99. The molecule has 126 valence electrons. The Balaban J connectivity index is 1.41. The average Bonchev–Trinajstić information content (AvgIpc) is 2.64. The predicted octanol–water partition coefficient (Wildman–Crippen LogP) is 2.60. The molecule has 4 rings (SSSR count). The SMILES string of the molecule is CC1[C@@H]2CC[C@@H](Oc3ccccc3)CN2CCN1c1ncccn1. The molecule has 0 saturated carbocycles. The number of piperidine rings is 1. The van der Waals surface area contributed by atoms with Crippen molar-refractivity contribution in [1.82, 2.24) is 14.9 Å². The number of rotatable bonds is 3. The van der Waals surface area contributed by atoms with Crippen molar-refractivity contribution in [3.63, 3.8) is 0 Å². The molecule has 5 nitrogen and oxygen atoms in total. The zero-order valence-electron chi connectivity index (χ0n) is 14.1. The number of hydrogen-bond donors (Lipinski definition) is 0. The summed E-state index contributed by atoms with van der Waals surface area (Å²) in [6, 6.07) is 13.0. The second-order valence-corrected chi connectivity index (χ2v) is 6.68. The van der Waals surface area contributed by atoms with Crippen LogP contribution in [0.4, 0.5) is 5.95 Å². The molecule has 0 bridgehead atoms. The minimum atomic E-state index is 0.287. The van der Waals surface area contributed by atoms with Crippen LogP contribution < -0.4 is 9.64 Å². The van der Waals surface area contributed by atoms with Gasteiger partial charge in [0.1, 0.15) is 11.9 Å². The topological polar surface area (TPSA) is 41.5 Å². The maximum absolute atomic E-state index is 6.17. The molecular formula is C19H24N4O. The van der Waals surface area contributed by atoms with Gasteiger partial charge in [-0.2, -0.15) is 0 Å². The first-order valence-corrected chi connectivity index (χ1v) is 8.80. The Labute approximate surface area is 143 Å². The fourth-order valence-corrected chi connectivity index (χ4v) is 3.99. The average molecular weight is 324 g/mol. The van der Waals surface area contributed by atoms with E-state index in [4.69, 9.17) is 4.74 Å². The van der Waals surface area contributed by atoms with Crippen LogP contribution in [-0.4, -0.2) is 52.7 Å². The number of fused-ring (bicyclic) bond motifs is 1. The van der Waals surface area contributed by atoms with E-state index in [1.165, 1.54) is 0 Å². The van der Waals surface area contributed by atoms with Crippen molar-refractivity contribution in [2.45, 2.75) is 38.0 Å². The van der Waals surface area contributed by atoms with E-state index in [9.17, 15) is 0 Å². The summed E-state index contributed by atoms with van der Waals surface area (Å²) in [6.45, 7) is 5.32. The summed E-state index contributed by atoms with van der Waals surface area (Å²) in [5.41, 5.74) is 0. The lowest BCUT2D eigenvalue weighted by atomic mass is 9.92. The molecule has 2 aliphatic heterocycles. The second kappa shape index (κ2) is 6.77. The fraction of sp³-hybridized carbons (Fsp3) is 0.474. The van der Waals surface area contributed by atoms with Gasteiger partial charge in [0.05, 0.1) is 0 Å². The highest BCUT2D eigenvalue weighted by Crippen LogP contribution is 2.29. The van der Waals surface area contributed by atoms with Gasteiger partial charge in [-0.05, 0) is 38.0 Å². The molecule has 0 radical (unpaired) electrons. The summed E-state index contributed by atoms with van der Waals surface area (Å²) in [5, 5.41) is 0. The van der Waals surface area contributed by atoms with Crippen LogP contribution in [0.15, 0.2) is 48.8 Å². The Kier molecular flexibility index (Phi) is 4.34. The third-order valence-corrected chi connectivity index (χ3v) is 5.22. The maximum atomic E-state index is 6.17. The van der Waals surface area contributed by atoms with E-state index >= 15 is 0 Å². The predicted molar refractivity (Wildman–Crippen MR) is 94.3 cm³/mol. The number of hydrogen-bond acceptors (Lipinski definition) is 5. The first kappa shape index (κ1) is 15.4. The maximum Gasteiger partial charge on any atom is 0.225 e. The van der Waals surface area contributed by atoms with E-state index in [1.54, 1.807) is 0 Å². The van der Waals surface area contributed by atoms with E-state index in [2.05, 4.69) is 26.7 Å². The summed E-state index contributed by atoms with van der Waals surface area (Å²) in [6.07, 6.45) is 6.19. The monoisotopic (exact) mass is 324 g/mol. The van der Waals surface area contributed by atoms with Crippen LogP contribution in [0.3, 0.4) is 0 Å². The molecule has 2 saturated heterocycles. The number of para-hydroxylation sites is 1. The highest BCUT2D eigenvalue weighted by Gasteiger charge is 2.39. The van der Waals surface area contributed by atoms with E-state index < -0.39 is 0 Å². The van der Waals surface area contributed by atoms with E-state index in [0.29, 0.717) is 12.1 Å². The highest BCUT2D eigenvalue weighted by molar-refractivity contribution is 5.32. The molecule has 1 unspecified atom stereocenters. The Hall–Kier alpha value is -2.14. The quantitative estimate of drug-likeness (QED) is 0.868. The van der Waals surface area contributed by atoms with Crippen LogP contribution in [0.2, 0.25) is 0 Å². The molecule has 5 heteroatoms. The molecule has 1 aromatic carbocycles.